The van der Waals surface area contributed by atoms with Crippen LogP contribution < -0.4 is 0 Å². The molecule has 0 unspecified atom stereocenters. The molecule has 5 nitrogen and oxygen atoms in total. The normalized spacial score (nSPS) is 25.3. The molecule has 0 spiro atoms. The van der Waals surface area contributed by atoms with Gasteiger partial charge in [0.25, 0.3) is 10.2 Å². The molecular formula is C14H19FN2O3S. The first-order chi connectivity index (χ1) is 10.1. The summed E-state index contributed by atoms with van der Waals surface area (Å²) in [5.41, 5.74) is 0.870. The number of morpholine rings is 1. The molecule has 0 saturated carbocycles. The summed E-state index contributed by atoms with van der Waals surface area (Å²) in [6.07, 6.45) is 0.729. The van der Waals surface area contributed by atoms with Crippen molar-refractivity contribution in [1.82, 2.24) is 8.61 Å². The summed E-state index contributed by atoms with van der Waals surface area (Å²) in [5, 5.41) is 0. The molecule has 1 aromatic carbocycles. The first kappa shape index (κ1) is 14.9. The quantitative estimate of drug-likeness (QED) is 0.842. The molecule has 1 aromatic rings. The summed E-state index contributed by atoms with van der Waals surface area (Å²) in [7, 11) is -3.42. The SMILES string of the molecule is O=S(=O)(N1CCOCC1)N1CC[C@@H](c2cccc(F)c2)C1. The fourth-order valence-corrected chi connectivity index (χ4v) is 4.55. The second-order valence-corrected chi connectivity index (χ2v) is 7.35. The maximum Gasteiger partial charge on any atom is 0.282 e. The van der Waals surface area contributed by atoms with E-state index >= 15 is 0 Å². The van der Waals surface area contributed by atoms with Gasteiger partial charge in [0.15, 0.2) is 0 Å². The van der Waals surface area contributed by atoms with E-state index in [-0.39, 0.29) is 11.7 Å². The molecule has 0 N–H and O–H groups in total. The summed E-state index contributed by atoms with van der Waals surface area (Å²) in [6.45, 7) is 2.61. The molecule has 116 valence electrons. The van der Waals surface area contributed by atoms with Crippen molar-refractivity contribution in [3.05, 3.63) is 35.6 Å². The van der Waals surface area contributed by atoms with Gasteiger partial charge in [-0.15, -0.1) is 0 Å². The first-order valence-corrected chi connectivity index (χ1v) is 8.55. The minimum absolute atomic E-state index is 0.0662. The first-order valence-electron chi connectivity index (χ1n) is 7.16. The van der Waals surface area contributed by atoms with Crippen molar-refractivity contribution < 1.29 is 17.5 Å². The Balaban J connectivity index is 1.71. The van der Waals surface area contributed by atoms with Gasteiger partial charge in [0, 0.05) is 26.2 Å². The van der Waals surface area contributed by atoms with Crippen LogP contribution in [0.3, 0.4) is 0 Å². The van der Waals surface area contributed by atoms with Crippen LogP contribution in [0.1, 0.15) is 17.9 Å². The zero-order valence-electron chi connectivity index (χ0n) is 11.7. The molecule has 0 aromatic heterocycles. The van der Waals surface area contributed by atoms with Crippen LogP contribution in [0, 0.1) is 5.82 Å². The minimum Gasteiger partial charge on any atom is -0.379 e. The highest BCUT2D eigenvalue weighted by Gasteiger charge is 2.36. The number of hydrogen-bond acceptors (Lipinski definition) is 3. The van der Waals surface area contributed by atoms with Gasteiger partial charge in [-0.25, -0.2) is 4.39 Å². The van der Waals surface area contributed by atoms with E-state index in [4.69, 9.17) is 4.74 Å². The number of hydrogen-bond donors (Lipinski definition) is 0. The fourth-order valence-electron chi connectivity index (χ4n) is 2.91. The molecule has 0 amide bonds. The number of halogens is 1. The Morgan fingerprint density at radius 2 is 1.90 bits per heavy atom. The fraction of sp³-hybridized carbons (Fsp3) is 0.571. The number of benzene rings is 1. The minimum atomic E-state index is -3.42. The van der Waals surface area contributed by atoms with Gasteiger partial charge in [-0.05, 0) is 30.0 Å². The van der Waals surface area contributed by atoms with Crippen molar-refractivity contribution in [3.63, 3.8) is 0 Å². The molecule has 2 heterocycles. The standard InChI is InChI=1S/C14H19FN2O3S/c15-14-3-1-2-12(10-14)13-4-5-17(11-13)21(18,19)16-6-8-20-9-7-16/h1-3,10,13H,4-9,11H2/t13-/m1/s1. The molecule has 7 heteroatoms. The van der Waals surface area contributed by atoms with Crippen LogP contribution >= 0.6 is 0 Å². The Kier molecular flexibility index (Phi) is 4.26. The van der Waals surface area contributed by atoms with E-state index in [1.54, 1.807) is 6.07 Å². The third-order valence-corrected chi connectivity index (χ3v) is 6.10. The van der Waals surface area contributed by atoms with E-state index in [2.05, 4.69) is 0 Å². The molecule has 0 radical (unpaired) electrons. The van der Waals surface area contributed by atoms with Gasteiger partial charge in [-0.2, -0.15) is 17.0 Å². The van der Waals surface area contributed by atoms with Gasteiger partial charge in [-0.1, -0.05) is 12.1 Å². The van der Waals surface area contributed by atoms with Crippen LogP contribution in [0.15, 0.2) is 24.3 Å². The summed E-state index contributed by atoms with van der Waals surface area (Å²) in [4.78, 5) is 0. The lowest BCUT2D eigenvalue weighted by Crippen LogP contribution is -2.47. The summed E-state index contributed by atoms with van der Waals surface area (Å²) >= 11 is 0. The van der Waals surface area contributed by atoms with Crippen molar-refractivity contribution in [2.75, 3.05) is 39.4 Å². The van der Waals surface area contributed by atoms with Crippen LogP contribution in [-0.4, -0.2) is 56.4 Å². The molecule has 3 rings (SSSR count). The van der Waals surface area contributed by atoms with Gasteiger partial charge >= 0.3 is 0 Å². The monoisotopic (exact) mass is 314 g/mol. The van der Waals surface area contributed by atoms with E-state index < -0.39 is 10.2 Å². The molecule has 0 aliphatic carbocycles. The Morgan fingerprint density at radius 1 is 1.14 bits per heavy atom. The lowest BCUT2D eigenvalue weighted by Gasteiger charge is -2.30. The predicted octanol–water partition coefficient (Wildman–Crippen LogP) is 1.19. The highest BCUT2D eigenvalue weighted by molar-refractivity contribution is 7.86. The van der Waals surface area contributed by atoms with Gasteiger partial charge in [0.2, 0.25) is 0 Å². The van der Waals surface area contributed by atoms with Crippen molar-refractivity contribution >= 4 is 10.2 Å². The molecule has 2 aliphatic rings. The Morgan fingerprint density at radius 3 is 2.62 bits per heavy atom. The average Bonchev–Trinajstić information content (AvgIpc) is 2.99. The lowest BCUT2D eigenvalue weighted by molar-refractivity contribution is 0.0706. The second kappa shape index (κ2) is 6.00. The van der Waals surface area contributed by atoms with Gasteiger partial charge < -0.3 is 4.74 Å². The molecule has 0 bridgehead atoms. The Bertz CT molecular complexity index is 602. The van der Waals surface area contributed by atoms with Crippen molar-refractivity contribution in [3.8, 4) is 0 Å². The Labute approximate surface area is 124 Å². The van der Waals surface area contributed by atoms with E-state index in [1.807, 2.05) is 6.07 Å². The molecule has 2 saturated heterocycles. The maximum absolute atomic E-state index is 13.3. The smallest absolute Gasteiger partial charge is 0.282 e. The molecule has 2 aliphatic heterocycles. The number of rotatable bonds is 3. The second-order valence-electron chi connectivity index (χ2n) is 5.42. The van der Waals surface area contributed by atoms with Gasteiger partial charge in [0.05, 0.1) is 13.2 Å². The number of ether oxygens (including phenoxy) is 1. The number of nitrogens with zero attached hydrogens (tertiary/aromatic N) is 2. The van der Waals surface area contributed by atoms with E-state index in [9.17, 15) is 12.8 Å². The van der Waals surface area contributed by atoms with Gasteiger partial charge in [0.1, 0.15) is 5.82 Å². The molecular weight excluding hydrogens is 295 g/mol. The Hall–Kier alpha value is -1.02. The summed E-state index contributed by atoms with van der Waals surface area (Å²) in [6, 6.07) is 6.43. The van der Waals surface area contributed by atoms with Crippen LogP contribution in [0.4, 0.5) is 4.39 Å². The third-order valence-electron chi connectivity index (χ3n) is 4.09. The van der Waals surface area contributed by atoms with Crippen molar-refractivity contribution in [2.24, 2.45) is 0 Å². The zero-order chi connectivity index (χ0) is 14.9. The lowest BCUT2D eigenvalue weighted by atomic mass is 9.99. The largest absolute Gasteiger partial charge is 0.379 e. The topological polar surface area (TPSA) is 49.9 Å². The van der Waals surface area contributed by atoms with Crippen LogP contribution in [-0.2, 0) is 14.9 Å². The highest BCUT2D eigenvalue weighted by Crippen LogP contribution is 2.30. The van der Waals surface area contributed by atoms with Gasteiger partial charge in [-0.3, -0.25) is 0 Å². The molecule has 1 atom stereocenters. The van der Waals surface area contributed by atoms with Crippen molar-refractivity contribution in [1.29, 1.82) is 0 Å². The summed E-state index contributed by atoms with van der Waals surface area (Å²) in [5.74, 6) is -0.210. The van der Waals surface area contributed by atoms with E-state index in [0.29, 0.717) is 39.4 Å². The zero-order valence-corrected chi connectivity index (χ0v) is 12.6. The molecule has 2 fully saturated rings. The van der Waals surface area contributed by atoms with E-state index in [1.165, 1.54) is 20.7 Å². The van der Waals surface area contributed by atoms with E-state index in [0.717, 1.165) is 12.0 Å². The average molecular weight is 314 g/mol. The third kappa shape index (κ3) is 3.11. The van der Waals surface area contributed by atoms with Crippen LogP contribution in [0.25, 0.3) is 0 Å². The highest BCUT2D eigenvalue weighted by atomic mass is 32.2. The van der Waals surface area contributed by atoms with Crippen LogP contribution in [0.5, 0.6) is 0 Å². The van der Waals surface area contributed by atoms with Crippen molar-refractivity contribution in [2.45, 2.75) is 12.3 Å². The maximum atomic E-state index is 13.3. The summed E-state index contributed by atoms with van der Waals surface area (Å²) < 4.78 is 46.6. The van der Waals surface area contributed by atoms with Crippen LogP contribution in [0.2, 0.25) is 0 Å². The predicted molar refractivity (Wildman–Crippen MR) is 76.6 cm³/mol. The molecule has 21 heavy (non-hydrogen) atoms.